The Morgan fingerprint density at radius 3 is 2.65 bits per heavy atom. The van der Waals surface area contributed by atoms with E-state index in [9.17, 15) is 18.0 Å². The lowest BCUT2D eigenvalue weighted by Gasteiger charge is -2.11. The molecule has 7 heteroatoms. The fourth-order valence-corrected chi connectivity index (χ4v) is 2.52. The Bertz CT molecular complexity index is 772. The van der Waals surface area contributed by atoms with Gasteiger partial charge in [-0.05, 0) is 42.3 Å². The second kappa shape index (κ2) is 5.66. The van der Waals surface area contributed by atoms with Gasteiger partial charge in [-0.3, -0.25) is 4.79 Å². The van der Waals surface area contributed by atoms with Gasteiger partial charge in [0, 0.05) is 24.5 Å². The highest BCUT2D eigenvalue weighted by atomic mass is 19.4. The van der Waals surface area contributed by atoms with E-state index in [-0.39, 0.29) is 11.4 Å². The van der Waals surface area contributed by atoms with E-state index in [0.29, 0.717) is 12.2 Å². The van der Waals surface area contributed by atoms with E-state index in [0.717, 1.165) is 29.8 Å². The maximum absolute atomic E-state index is 12.8. The predicted octanol–water partition coefficient (Wildman–Crippen LogP) is 3.26. The molecule has 2 aromatic rings. The third kappa shape index (κ3) is 3.34. The van der Waals surface area contributed by atoms with Crippen molar-refractivity contribution in [1.29, 1.82) is 0 Å². The third-order valence-electron chi connectivity index (χ3n) is 3.61. The SMILES string of the molecule is Cc1cc(C(F)(F)F)cc(C(=O)Nc2ccc3c(c2)CNC3)n1. The number of carbonyl (C=O) groups excluding carboxylic acids is 1. The standard InChI is InChI=1S/C16H14F3N3O/c1-9-4-12(16(17,18)19)6-14(21-9)15(23)22-13-3-2-10-7-20-8-11(10)5-13/h2-6,20H,7-8H2,1H3,(H,22,23). The van der Waals surface area contributed by atoms with Crippen LogP contribution in [0.25, 0.3) is 0 Å². The lowest BCUT2D eigenvalue weighted by molar-refractivity contribution is -0.137. The first-order valence-electron chi connectivity index (χ1n) is 7.03. The highest BCUT2D eigenvalue weighted by molar-refractivity contribution is 6.03. The van der Waals surface area contributed by atoms with Gasteiger partial charge >= 0.3 is 6.18 Å². The Balaban J connectivity index is 1.85. The summed E-state index contributed by atoms with van der Waals surface area (Å²) in [5.41, 5.74) is 1.76. The Morgan fingerprint density at radius 1 is 1.17 bits per heavy atom. The minimum atomic E-state index is -4.51. The topological polar surface area (TPSA) is 54.0 Å². The average Bonchev–Trinajstić information content (AvgIpc) is 2.93. The zero-order chi connectivity index (χ0) is 16.6. The number of benzene rings is 1. The summed E-state index contributed by atoms with van der Waals surface area (Å²) in [6.45, 7) is 2.91. The zero-order valence-electron chi connectivity index (χ0n) is 12.3. The molecule has 3 rings (SSSR count). The first kappa shape index (κ1) is 15.5. The quantitative estimate of drug-likeness (QED) is 0.892. The fraction of sp³-hybridized carbons (Fsp3) is 0.250. The molecule has 2 N–H and O–H groups in total. The van der Waals surface area contributed by atoms with Gasteiger partial charge in [-0.2, -0.15) is 13.2 Å². The maximum Gasteiger partial charge on any atom is 0.416 e. The average molecular weight is 321 g/mol. The van der Waals surface area contributed by atoms with Crippen LogP contribution < -0.4 is 10.6 Å². The third-order valence-corrected chi connectivity index (χ3v) is 3.61. The summed E-state index contributed by atoms with van der Waals surface area (Å²) in [6, 6.07) is 7.10. The van der Waals surface area contributed by atoms with Gasteiger partial charge in [0.1, 0.15) is 5.69 Å². The van der Waals surface area contributed by atoms with Gasteiger partial charge in [0.2, 0.25) is 0 Å². The van der Waals surface area contributed by atoms with Crippen molar-refractivity contribution in [3.63, 3.8) is 0 Å². The molecular formula is C16H14F3N3O. The molecule has 0 unspecified atom stereocenters. The van der Waals surface area contributed by atoms with Crippen molar-refractivity contribution < 1.29 is 18.0 Å². The molecule has 0 aliphatic carbocycles. The van der Waals surface area contributed by atoms with Crippen molar-refractivity contribution in [3.8, 4) is 0 Å². The van der Waals surface area contributed by atoms with Crippen LogP contribution >= 0.6 is 0 Å². The minimum absolute atomic E-state index is 0.142. The van der Waals surface area contributed by atoms with Crippen LogP contribution in [0, 0.1) is 6.92 Å². The second-order valence-corrected chi connectivity index (χ2v) is 5.42. The van der Waals surface area contributed by atoms with Crippen LogP contribution in [-0.4, -0.2) is 10.9 Å². The number of rotatable bonds is 2. The first-order chi connectivity index (χ1) is 10.8. The molecule has 1 aromatic heterocycles. The molecule has 0 fully saturated rings. The molecular weight excluding hydrogens is 307 g/mol. The summed E-state index contributed by atoms with van der Waals surface area (Å²) in [5.74, 6) is -0.662. The molecule has 1 aliphatic rings. The molecule has 0 saturated heterocycles. The van der Waals surface area contributed by atoms with E-state index >= 15 is 0 Å². The highest BCUT2D eigenvalue weighted by Crippen LogP contribution is 2.30. The van der Waals surface area contributed by atoms with E-state index in [1.54, 1.807) is 6.07 Å². The Kier molecular flexibility index (Phi) is 3.81. The minimum Gasteiger partial charge on any atom is -0.321 e. The lowest BCUT2D eigenvalue weighted by atomic mass is 10.1. The van der Waals surface area contributed by atoms with Gasteiger partial charge in [0.05, 0.1) is 5.56 Å². The molecule has 4 nitrogen and oxygen atoms in total. The van der Waals surface area contributed by atoms with Crippen molar-refractivity contribution in [1.82, 2.24) is 10.3 Å². The molecule has 1 aliphatic heterocycles. The van der Waals surface area contributed by atoms with Gasteiger partial charge in [-0.1, -0.05) is 6.07 Å². The Morgan fingerprint density at radius 2 is 1.91 bits per heavy atom. The van der Waals surface area contributed by atoms with Crippen LogP contribution in [-0.2, 0) is 19.3 Å². The summed E-state index contributed by atoms with van der Waals surface area (Å²) >= 11 is 0. The molecule has 2 heterocycles. The molecule has 0 atom stereocenters. The van der Waals surface area contributed by atoms with E-state index in [2.05, 4.69) is 15.6 Å². The van der Waals surface area contributed by atoms with E-state index in [1.807, 2.05) is 12.1 Å². The largest absolute Gasteiger partial charge is 0.416 e. The summed E-state index contributed by atoms with van der Waals surface area (Å²) in [7, 11) is 0. The van der Waals surface area contributed by atoms with Crippen LogP contribution in [0.4, 0.5) is 18.9 Å². The molecule has 1 aromatic carbocycles. The number of aromatic nitrogens is 1. The molecule has 0 bridgehead atoms. The number of nitrogens with zero attached hydrogens (tertiary/aromatic N) is 1. The number of carbonyl (C=O) groups is 1. The van der Waals surface area contributed by atoms with E-state index < -0.39 is 17.6 Å². The van der Waals surface area contributed by atoms with Crippen LogP contribution in [0.1, 0.15) is 32.9 Å². The van der Waals surface area contributed by atoms with Crippen molar-refractivity contribution in [3.05, 3.63) is 58.4 Å². The molecule has 120 valence electrons. The van der Waals surface area contributed by atoms with Crippen LogP contribution in [0.2, 0.25) is 0 Å². The Hall–Kier alpha value is -2.41. The number of anilines is 1. The molecule has 0 radical (unpaired) electrons. The number of hydrogen-bond donors (Lipinski definition) is 2. The highest BCUT2D eigenvalue weighted by Gasteiger charge is 2.32. The number of fused-ring (bicyclic) bond motifs is 1. The van der Waals surface area contributed by atoms with E-state index in [1.165, 1.54) is 6.92 Å². The van der Waals surface area contributed by atoms with Crippen molar-refractivity contribution in [2.24, 2.45) is 0 Å². The van der Waals surface area contributed by atoms with Gasteiger partial charge in [0.25, 0.3) is 5.91 Å². The molecule has 1 amide bonds. The summed E-state index contributed by atoms with van der Waals surface area (Å²) in [6.07, 6.45) is -4.51. The first-order valence-corrected chi connectivity index (χ1v) is 7.03. The molecule has 0 saturated carbocycles. The number of pyridine rings is 1. The Labute approximate surface area is 130 Å². The molecule has 23 heavy (non-hydrogen) atoms. The van der Waals surface area contributed by atoms with Crippen molar-refractivity contribution in [2.75, 3.05) is 5.32 Å². The van der Waals surface area contributed by atoms with Gasteiger partial charge in [0.15, 0.2) is 0 Å². The van der Waals surface area contributed by atoms with Crippen LogP contribution in [0.15, 0.2) is 30.3 Å². The van der Waals surface area contributed by atoms with Crippen molar-refractivity contribution >= 4 is 11.6 Å². The zero-order valence-corrected chi connectivity index (χ0v) is 12.3. The predicted molar refractivity (Wildman–Crippen MR) is 78.9 cm³/mol. The maximum atomic E-state index is 12.8. The summed E-state index contributed by atoms with van der Waals surface area (Å²) in [4.78, 5) is 16.1. The monoisotopic (exact) mass is 321 g/mol. The van der Waals surface area contributed by atoms with Crippen molar-refractivity contribution in [2.45, 2.75) is 26.2 Å². The van der Waals surface area contributed by atoms with E-state index in [4.69, 9.17) is 0 Å². The fourth-order valence-electron chi connectivity index (χ4n) is 2.52. The lowest BCUT2D eigenvalue weighted by Crippen LogP contribution is -2.16. The number of nitrogens with one attached hydrogen (secondary N) is 2. The van der Waals surface area contributed by atoms with Gasteiger partial charge < -0.3 is 10.6 Å². The van der Waals surface area contributed by atoms with Gasteiger partial charge in [-0.15, -0.1) is 0 Å². The van der Waals surface area contributed by atoms with Crippen LogP contribution in [0.3, 0.4) is 0 Å². The normalized spacial score (nSPS) is 13.7. The number of aryl methyl sites for hydroxylation is 1. The number of alkyl halides is 3. The van der Waals surface area contributed by atoms with Gasteiger partial charge in [-0.25, -0.2) is 4.98 Å². The smallest absolute Gasteiger partial charge is 0.321 e. The summed E-state index contributed by atoms with van der Waals surface area (Å²) in [5, 5.41) is 5.78. The molecule has 0 spiro atoms. The summed E-state index contributed by atoms with van der Waals surface area (Å²) < 4.78 is 38.5. The second-order valence-electron chi connectivity index (χ2n) is 5.42. The number of hydrogen-bond acceptors (Lipinski definition) is 3. The van der Waals surface area contributed by atoms with Crippen LogP contribution in [0.5, 0.6) is 0 Å². The number of halogens is 3. The number of amides is 1.